The van der Waals surface area contributed by atoms with Gasteiger partial charge in [0.25, 0.3) is 0 Å². The first kappa shape index (κ1) is 15.8. The Kier molecular flexibility index (Phi) is 4.55. The van der Waals surface area contributed by atoms with Crippen LogP contribution in [0.1, 0.15) is 37.6 Å². The van der Waals surface area contributed by atoms with Gasteiger partial charge in [-0.2, -0.15) is 0 Å². The molecule has 0 radical (unpaired) electrons. The summed E-state index contributed by atoms with van der Waals surface area (Å²) in [4.78, 5) is 4.59. The quantitative estimate of drug-likeness (QED) is 0.902. The zero-order chi connectivity index (χ0) is 15.6. The number of benzene rings is 1. The molecule has 0 spiro atoms. The maximum absolute atomic E-state index is 6.03. The minimum absolute atomic E-state index is 0.0563. The predicted molar refractivity (Wildman–Crippen MR) is 87.1 cm³/mol. The molecule has 0 atom stereocenters. The lowest BCUT2D eigenvalue weighted by Crippen LogP contribution is -2.15. The normalized spacial score (nSPS) is 11.5. The highest BCUT2D eigenvalue weighted by molar-refractivity contribution is 6.31. The summed E-state index contributed by atoms with van der Waals surface area (Å²) in [6.07, 6.45) is 0. The van der Waals surface area contributed by atoms with Crippen molar-refractivity contribution < 1.29 is 4.74 Å². The Morgan fingerprint density at radius 3 is 2.48 bits per heavy atom. The third-order valence-corrected chi connectivity index (χ3v) is 3.64. The van der Waals surface area contributed by atoms with E-state index in [9.17, 15) is 0 Å². The van der Waals surface area contributed by atoms with Gasteiger partial charge in [0.2, 0.25) is 5.88 Å². The molecule has 4 heteroatoms. The van der Waals surface area contributed by atoms with Crippen LogP contribution in [0.25, 0.3) is 0 Å². The van der Waals surface area contributed by atoms with E-state index in [4.69, 9.17) is 22.1 Å². The molecule has 112 valence electrons. The van der Waals surface area contributed by atoms with Crippen molar-refractivity contribution in [3.63, 3.8) is 0 Å². The van der Waals surface area contributed by atoms with Crippen LogP contribution >= 0.6 is 11.6 Å². The first-order valence-corrected chi connectivity index (χ1v) is 7.33. The molecule has 0 saturated heterocycles. The Hall–Kier alpha value is -1.58. The number of ether oxygens (including phenoxy) is 1. The van der Waals surface area contributed by atoms with Crippen molar-refractivity contribution in [1.82, 2.24) is 4.98 Å². The summed E-state index contributed by atoms with van der Waals surface area (Å²) in [5.74, 6) is 1.28. The summed E-state index contributed by atoms with van der Waals surface area (Å²) in [6.45, 7) is 8.75. The summed E-state index contributed by atoms with van der Waals surface area (Å²) in [5, 5.41) is 0.724. The fourth-order valence-electron chi connectivity index (χ4n) is 1.91. The number of aromatic nitrogens is 1. The largest absolute Gasteiger partial charge is 0.439 e. The van der Waals surface area contributed by atoms with Gasteiger partial charge < -0.3 is 10.5 Å². The summed E-state index contributed by atoms with van der Waals surface area (Å²) in [7, 11) is 0. The van der Waals surface area contributed by atoms with Gasteiger partial charge in [0.1, 0.15) is 5.75 Å². The van der Waals surface area contributed by atoms with Gasteiger partial charge in [-0.15, -0.1) is 0 Å². The monoisotopic (exact) mass is 304 g/mol. The number of nitrogens with zero attached hydrogens (tertiary/aromatic N) is 1. The fraction of sp³-hybridized carbons (Fsp3) is 0.353. The van der Waals surface area contributed by atoms with E-state index in [0.717, 1.165) is 27.6 Å². The zero-order valence-electron chi connectivity index (χ0n) is 12.9. The van der Waals surface area contributed by atoms with Crippen LogP contribution in [0.5, 0.6) is 11.6 Å². The second-order valence-corrected chi connectivity index (χ2v) is 6.57. The van der Waals surface area contributed by atoms with Gasteiger partial charge in [0.05, 0.1) is 5.69 Å². The van der Waals surface area contributed by atoms with Crippen molar-refractivity contribution >= 4 is 11.6 Å². The van der Waals surface area contributed by atoms with E-state index in [1.807, 2.05) is 37.3 Å². The van der Waals surface area contributed by atoms with Crippen LogP contribution in [0.3, 0.4) is 0 Å². The number of hydrogen-bond donors (Lipinski definition) is 1. The maximum atomic E-state index is 6.03. The minimum Gasteiger partial charge on any atom is -0.439 e. The van der Waals surface area contributed by atoms with E-state index in [2.05, 4.69) is 25.8 Å². The third-order valence-electron chi connectivity index (χ3n) is 3.22. The smallest absolute Gasteiger partial charge is 0.219 e. The SMILES string of the molecule is Cc1cc(Oc2cc(CN)cc(C(C)(C)C)n2)ccc1Cl. The van der Waals surface area contributed by atoms with Crippen LogP contribution in [0.2, 0.25) is 5.02 Å². The van der Waals surface area contributed by atoms with Crippen LogP contribution in [-0.4, -0.2) is 4.98 Å². The highest BCUT2D eigenvalue weighted by atomic mass is 35.5. The number of halogens is 1. The van der Waals surface area contributed by atoms with E-state index in [0.29, 0.717) is 12.4 Å². The first-order valence-electron chi connectivity index (χ1n) is 6.95. The summed E-state index contributed by atoms with van der Waals surface area (Å²) < 4.78 is 5.87. The molecule has 0 fully saturated rings. The van der Waals surface area contributed by atoms with Crippen LogP contribution in [0.4, 0.5) is 0 Å². The molecular weight excluding hydrogens is 284 g/mol. The Morgan fingerprint density at radius 1 is 1.19 bits per heavy atom. The molecule has 3 nitrogen and oxygen atoms in total. The van der Waals surface area contributed by atoms with Crippen molar-refractivity contribution in [1.29, 1.82) is 0 Å². The topological polar surface area (TPSA) is 48.1 Å². The van der Waals surface area contributed by atoms with Crippen molar-refractivity contribution in [2.24, 2.45) is 5.73 Å². The Labute approximate surface area is 131 Å². The second-order valence-electron chi connectivity index (χ2n) is 6.17. The third kappa shape index (κ3) is 3.96. The van der Waals surface area contributed by atoms with Gasteiger partial charge in [-0.25, -0.2) is 4.98 Å². The molecule has 0 aliphatic carbocycles. The van der Waals surface area contributed by atoms with Gasteiger partial charge >= 0.3 is 0 Å². The molecule has 2 N–H and O–H groups in total. The number of nitrogens with two attached hydrogens (primary N) is 1. The van der Waals surface area contributed by atoms with E-state index < -0.39 is 0 Å². The molecule has 2 rings (SSSR count). The molecule has 1 aromatic heterocycles. The summed E-state index contributed by atoms with van der Waals surface area (Å²) >= 11 is 6.03. The lowest BCUT2D eigenvalue weighted by Gasteiger charge is -2.19. The van der Waals surface area contributed by atoms with E-state index in [1.54, 1.807) is 0 Å². The van der Waals surface area contributed by atoms with Gasteiger partial charge in [0, 0.05) is 23.0 Å². The van der Waals surface area contributed by atoms with Crippen LogP contribution < -0.4 is 10.5 Å². The molecule has 1 heterocycles. The van der Waals surface area contributed by atoms with Crippen molar-refractivity contribution in [3.05, 3.63) is 52.2 Å². The van der Waals surface area contributed by atoms with E-state index in [1.165, 1.54) is 0 Å². The molecule has 0 unspecified atom stereocenters. The van der Waals surface area contributed by atoms with Crippen LogP contribution in [-0.2, 0) is 12.0 Å². The molecule has 0 bridgehead atoms. The molecule has 2 aromatic rings. The van der Waals surface area contributed by atoms with Crippen molar-refractivity contribution in [3.8, 4) is 11.6 Å². The molecule has 1 aromatic carbocycles. The highest BCUT2D eigenvalue weighted by Crippen LogP contribution is 2.28. The van der Waals surface area contributed by atoms with E-state index in [-0.39, 0.29) is 5.41 Å². The number of pyridine rings is 1. The summed E-state index contributed by atoms with van der Waals surface area (Å²) in [6, 6.07) is 9.46. The average molecular weight is 305 g/mol. The number of hydrogen-bond acceptors (Lipinski definition) is 3. The highest BCUT2D eigenvalue weighted by Gasteiger charge is 2.17. The van der Waals surface area contributed by atoms with Crippen LogP contribution in [0, 0.1) is 6.92 Å². The first-order chi connectivity index (χ1) is 9.79. The van der Waals surface area contributed by atoms with Gasteiger partial charge in [-0.3, -0.25) is 0 Å². The Bertz CT molecular complexity index is 648. The lowest BCUT2D eigenvalue weighted by molar-refractivity contribution is 0.450. The lowest BCUT2D eigenvalue weighted by atomic mass is 9.91. The Morgan fingerprint density at radius 2 is 1.90 bits per heavy atom. The zero-order valence-corrected chi connectivity index (χ0v) is 13.7. The maximum Gasteiger partial charge on any atom is 0.219 e. The molecule has 0 amide bonds. The van der Waals surface area contributed by atoms with Crippen molar-refractivity contribution in [2.45, 2.75) is 39.7 Å². The standard InChI is InChI=1S/C17H21ClN2O/c1-11-7-13(5-6-14(11)18)21-16-9-12(10-19)8-15(20-16)17(2,3)4/h5-9H,10,19H2,1-4H3. The summed E-state index contributed by atoms with van der Waals surface area (Å²) in [5.41, 5.74) is 8.66. The Balaban J connectivity index is 2.36. The average Bonchev–Trinajstić information content (AvgIpc) is 2.41. The number of aryl methyl sites for hydroxylation is 1. The van der Waals surface area contributed by atoms with Crippen LogP contribution in [0.15, 0.2) is 30.3 Å². The van der Waals surface area contributed by atoms with Crippen molar-refractivity contribution in [2.75, 3.05) is 0 Å². The van der Waals surface area contributed by atoms with Gasteiger partial charge in [0.15, 0.2) is 0 Å². The predicted octanol–water partition coefficient (Wildman–Crippen LogP) is 4.59. The van der Waals surface area contributed by atoms with Gasteiger partial charge in [-0.1, -0.05) is 32.4 Å². The molecule has 0 aliphatic rings. The fourth-order valence-corrected chi connectivity index (χ4v) is 2.03. The molecule has 0 aliphatic heterocycles. The molecular formula is C17H21ClN2O. The van der Waals surface area contributed by atoms with E-state index >= 15 is 0 Å². The molecule has 21 heavy (non-hydrogen) atoms. The molecule has 0 saturated carbocycles. The minimum atomic E-state index is -0.0563. The number of rotatable bonds is 3. The van der Waals surface area contributed by atoms with Gasteiger partial charge in [-0.05, 0) is 42.3 Å². The second kappa shape index (κ2) is 6.04.